The van der Waals surface area contributed by atoms with Crippen molar-refractivity contribution in [2.45, 2.75) is 33.7 Å². The first kappa shape index (κ1) is 18.1. The van der Waals surface area contributed by atoms with E-state index in [0.29, 0.717) is 18.1 Å². The van der Waals surface area contributed by atoms with Gasteiger partial charge in [0.2, 0.25) is 5.89 Å². The van der Waals surface area contributed by atoms with Crippen molar-refractivity contribution in [1.29, 1.82) is 0 Å². The van der Waals surface area contributed by atoms with Crippen molar-refractivity contribution in [3.63, 3.8) is 0 Å². The number of carbonyl (C=O) groups excluding carboxylic acids is 1. The number of aromatic nitrogens is 2. The predicted octanol–water partition coefficient (Wildman–Crippen LogP) is 3.34. The quantitative estimate of drug-likeness (QED) is 0.689. The van der Waals surface area contributed by atoms with Gasteiger partial charge in [-0.3, -0.25) is 4.79 Å². The molecule has 0 atom stereocenters. The van der Waals surface area contributed by atoms with Gasteiger partial charge in [-0.05, 0) is 48.9 Å². The SMILES string of the molecule is Cc1ccc(C)c(OCC(=O)NCc2noc(Cc3cccs3)n2)c1C. The second-order valence-corrected chi connectivity index (χ2v) is 7.11. The number of hydrogen-bond acceptors (Lipinski definition) is 6. The van der Waals surface area contributed by atoms with Gasteiger partial charge in [-0.2, -0.15) is 4.98 Å². The van der Waals surface area contributed by atoms with Gasteiger partial charge in [-0.1, -0.05) is 23.4 Å². The number of rotatable bonds is 7. The summed E-state index contributed by atoms with van der Waals surface area (Å²) >= 11 is 1.64. The second kappa shape index (κ2) is 8.14. The number of thiophene rings is 1. The van der Waals surface area contributed by atoms with Gasteiger partial charge in [0, 0.05) is 4.88 Å². The standard InChI is InChI=1S/C19H21N3O3S/c1-12-6-7-13(2)19(14(12)3)24-11-17(23)20-10-16-21-18(25-22-16)9-15-5-4-8-26-15/h4-8H,9-11H2,1-3H3,(H,20,23). The molecule has 3 rings (SSSR count). The number of nitrogens with zero attached hydrogens (tertiary/aromatic N) is 2. The Hall–Kier alpha value is -2.67. The first-order valence-corrected chi connectivity index (χ1v) is 9.21. The Balaban J connectivity index is 1.49. The molecule has 1 amide bonds. The third-order valence-electron chi connectivity index (χ3n) is 4.08. The van der Waals surface area contributed by atoms with E-state index in [2.05, 4.69) is 15.5 Å². The molecule has 2 aromatic heterocycles. The van der Waals surface area contributed by atoms with Gasteiger partial charge < -0.3 is 14.6 Å². The molecule has 136 valence electrons. The Bertz CT molecular complexity index is 888. The normalized spacial score (nSPS) is 10.7. The highest BCUT2D eigenvalue weighted by Crippen LogP contribution is 2.25. The van der Waals surface area contributed by atoms with E-state index in [4.69, 9.17) is 9.26 Å². The van der Waals surface area contributed by atoms with E-state index < -0.39 is 0 Å². The molecule has 0 bridgehead atoms. The van der Waals surface area contributed by atoms with E-state index in [9.17, 15) is 4.79 Å². The van der Waals surface area contributed by atoms with Crippen LogP contribution in [0, 0.1) is 20.8 Å². The third-order valence-corrected chi connectivity index (χ3v) is 4.96. The zero-order valence-electron chi connectivity index (χ0n) is 15.0. The molecule has 1 N–H and O–H groups in total. The van der Waals surface area contributed by atoms with Crippen molar-refractivity contribution < 1.29 is 14.1 Å². The molecule has 0 radical (unpaired) electrons. The molecule has 6 nitrogen and oxygen atoms in total. The smallest absolute Gasteiger partial charge is 0.258 e. The molecular weight excluding hydrogens is 350 g/mol. The van der Waals surface area contributed by atoms with Crippen molar-refractivity contribution in [2.75, 3.05) is 6.61 Å². The molecule has 0 unspecified atom stereocenters. The Kier molecular flexibility index (Phi) is 5.68. The highest BCUT2D eigenvalue weighted by atomic mass is 32.1. The van der Waals surface area contributed by atoms with E-state index in [1.807, 2.05) is 50.4 Å². The van der Waals surface area contributed by atoms with Gasteiger partial charge >= 0.3 is 0 Å². The molecule has 0 aliphatic rings. The van der Waals surface area contributed by atoms with Crippen LogP contribution in [0.3, 0.4) is 0 Å². The van der Waals surface area contributed by atoms with Gasteiger partial charge in [-0.25, -0.2) is 0 Å². The summed E-state index contributed by atoms with van der Waals surface area (Å²) in [4.78, 5) is 17.5. The van der Waals surface area contributed by atoms with Crippen LogP contribution in [0.15, 0.2) is 34.2 Å². The molecule has 7 heteroatoms. The summed E-state index contributed by atoms with van der Waals surface area (Å²) in [5.41, 5.74) is 3.20. The first-order chi connectivity index (χ1) is 12.5. The molecule has 0 saturated heterocycles. The summed E-state index contributed by atoms with van der Waals surface area (Å²) in [6, 6.07) is 8.03. The number of carbonyl (C=O) groups is 1. The van der Waals surface area contributed by atoms with E-state index >= 15 is 0 Å². The lowest BCUT2D eigenvalue weighted by Crippen LogP contribution is -2.29. The molecule has 0 spiro atoms. The van der Waals surface area contributed by atoms with Gasteiger partial charge in [-0.15, -0.1) is 11.3 Å². The summed E-state index contributed by atoms with van der Waals surface area (Å²) < 4.78 is 10.9. The van der Waals surface area contributed by atoms with Crippen molar-refractivity contribution in [1.82, 2.24) is 15.5 Å². The van der Waals surface area contributed by atoms with Crippen molar-refractivity contribution in [3.8, 4) is 5.75 Å². The van der Waals surface area contributed by atoms with Gasteiger partial charge in [0.05, 0.1) is 13.0 Å². The number of benzene rings is 1. The minimum Gasteiger partial charge on any atom is -0.483 e. The summed E-state index contributed by atoms with van der Waals surface area (Å²) in [7, 11) is 0. The number of nitrogens with one attached hydrogen (secondary N) is 1. The number of hydrogen-bond donors (Lipinski definition) is 1. The van der Waals surface area contributed by atoms with Crippen LogP contribution in [0.1, 0.15) is 33.3 Å². The Labute approximate surface area is 156 Å². The van der Waals surface area contributed by atoms with E-state index in [1.165, 1.54) is 0 Å². The Morgan fingerprint density at radius 2 is 2.04 bits per heavy atom. The number of aryl methyl sites for hydroxylation is 2. The van der Waals surface area contributed by atoms with Crippen LogP contribution in [0.2, 0.25) is 0 Å². The molecule has 1 aromatic carbocycles. The van der Waals surface area contributed by atoms with E-state index in [1.54, 1.807) is 11.3 Å². The highest BCUT2D eigenvalue weighted by molar-refractivity contribution is 7.09. The van der Waals surface area contributed by atoms with Gasteiger partial charge in [0.25, 0.3) is 5.91 Å². The van der Waals surface area contributed by atoms with E-state index in [0.717, 1.165) is 27.3 Å². The average Bonchev–Trinajstić information content (AvgIpc) is 3.29. The van der Waals surface area contributed by atoms with Crippen molar-refractivity contribution in [2.24, 2.45) is 0 Å². The average molecular weight is 371 g/mol. The zero-order chi connectivity index (χ0) is 18.5. The molecule has 0 fully saturated rings. The lowest BCUT2D eigenvalue weighted by molar-refractivity contribution is -0.123. The maximum atomic E-state index is 12.0. The summed E-state index contributed by atoms with van der Waals surface area (Å²) in [6.45, 7) is 6.14. The van der Waals surface area contributed by atoms with Crippen LogP contribution in [0.5, 0.6) is 5.75 Å². The molecule has 2 heterocycles. The largest absolute Gasteiger partial charge is 0.483 e. The maximum Gasteiger partial charge on any atom is 0.258 e. The fourth-order valence-electron chi connectivity index (χ4n) is 2.51. The Morgan fingerprint density at radius 3 is 2.81 bits per heavy atom. The van der Waals surface area contributed by atoms with Crippen molar-refractivity contribution >= 4 is 17.2 Å². The van der Waals surface area contributed by atoms with Crippen LogP contribution in [0.25, 0.3) is 0 Å². The van der Waals surface area contributed by atoms with Gasteiger partial charge in [0.15, 0.2) is 12.4 Å². The van der Waals surface area contributed by atoms with Crippen LogP contribution < -0.4 is 10.1 Å². The Morgan fingerprint density at radius 1 is 1.23 bits per heavy atom. The number of amides is 1. The predicted molar refractivity (Wildman–Crippen MR) is 99.4 cm³/mol. The topological polar surface area (TPSA) is 77.2 Å². The lowest BCUT2D eigenvalue weighted by atomic mass is 10.1. The van der Waals surface area contributed by atoms with E-state index in [-0.39, 0.29) is 19.1 Å². The maximum absolute atomic E-state index is 12.0. The zero-order valence-corrected chi connectivity index (χ0v) is 15.9. The monoisotopic (exact) mass is 371 g/mol. The molecular formula is C19H21N3O3S. The van der Waals surface area contributed by atoms with Gasteiger partial charge in [0.1, 0.15) is 5.75 Å². The van der Waals surface area contributed by atoms with Crippen LogP contribution >= 0.6 is 11.3 Å². The summed E-state index contributed by atoms with van der Waals surface area (Å²) in [5.74, 6) is 1.53. The molecule has 0 aliphatic heterocycles. The second-order valence-electron chi connectivity index (χ2n) is 6.08. The molecule has 0 aliphatic carbocycles. The fourth-order valence-corrected chi connectivity index (χ4v) is 3.21. The highest BCUT2D eigenvalue weighted by Gasteiger charge is 2.11. The molecule has 0 saturated carbocycles. The number of ether oxygens (including phenoxy) is 1. The summed E-state index contributed by atoms with van der Waals surface area (Å²) in [5, 5.41) is 8.64. The first-order valence-electron chi connectivity index (χ1n) is 8.33. The molecule has 3 aromatic rings. The van der Waals surface area contributed by atoms with Crippen LogP contribution in [0.4, 0.5) is 0 Å². The third kappa shape index (κ3) is 4.49. The van der Waals surface area contributed by atoms with Crippen LogP contribution in [-0.4, -0.2) is 22.7 Å². The minimum absolute atomic E-state index is 0.0506. The van der Waals surface area contributed by atoms with Crippen molar-refractivity contribution in [3.05, 3.63) is 62.9 Å². The summed E-state index contributed by atoms with van der Waals surface area (Å²) in [6.07, 6.45) is 0.605. The fraction of sp³-hybridized carbons (Fsp3) is 0.316. The van der Waals surface area contributed by atoms with Crippen LogP contribution in [-0.2, 0) is 17.8 Å². The minimum atomic E-state index is -0.227. The lowest BCUT2D eigenvalue weighted by Gasteiger charge is -2.13. The molecule has 26 heavy (non-hydrogen) atoms.